The molecule has 1 amide bonds. The maximum Gasteiger partial charge on any atom is 0.258 e. The summed E-state index contributed by atoms with van der Waals surface area (Å²) in [7, 11) is 1.57. The van der Waals surface area contributed by atoms with Crippen molar-refractivity contribution in [2.24, 2.45) is 0 Å². The zero-order valence-electron chi connectivity index (χ0n) is 15.4. The van der Waals surface area contributed by atoms with Gasteiger partial charge in [0.15, 0.2) is 0 Å². The molecule has 0 bridgehead atoms. The molecule has 0 saturated carbocycles. The molecule has 1 aromatic heterocycles. The van der Waals surface area contributed by atoms with Gasteiger partial charge in [0, 0.05) is 12.1 Å². The molecule has 0 aliphatic carbocycles. The summed E-state index contributed by atoms with van der Waals surface area (Å²) < 4.78 is 10.9. The highest BCUT2D eigenvalue weighted by Gasteiger charge is 2.35. The van der Waals surface area contributed by atoms with Crippen LogP contribution >= 0.6 is 0 Å². The van der Waals surface area contributed by atoms with E-state index in [0.29, 0.717) is 29.6 Å². The summed E-state index contributed by atoms with van der Waals surface area (Å²) in [5, 5.41) is 4.11. The van der Waals surface area contributed by atoms with Gasteiger partial charge >= 0.3 is 0 Å². The summed E-state index contributed by atoms with van der Waals surface area (Å²) in [6, 6.07) is 15.0. The van der Waals surface area contributed by atoms with Gasteiger partial charge in [-0.2, -0.15) is 4.98 Å². The van der Waals surface area contributed by atoms with Crippen LogP contribution in [0.1, 0.15) is 40.7 Å². The quantitative estimate of drug-likeness (QED) is 0.700. The maximum absolute atomic E-state index is 13.1. The lowest BCUT2D eigenvalue weighted by Crippen LogP contribution is -2.31. The number of aromatic nitrogens is 2. The molecular formula is C21H21N3O3. The molecule has 6 nitrogen and oxygen atoms in total. The molecular weight excluding hydrogens is 342 g/mol. The summed E-state index contributed by atoms with van der Waals surface area (Å²) >= 11 is 0. The van der Waals surface area contributed by atoms with E-state index in [1.807, 2.05) is 43.3 Å². The van der Waals surface area contributed by atoms with Crippen LogP contribution in [0.15, 0.2) is 53.1 Å². The van der Waals surface area contributed by atoms with Gasteiger partial charge in [0.2, 0.25) is 11.7 Å². The lowest BCUT2D eigenvalue weighted by molar-refractivity contribution is 0.0706. The van der Waals surface area contributed by atoms with Gasteiger partial charge in [0.1, 0.15) is 11.8 Å². The first-order valence-electron chi connectivity index (χ1n) is 9.02. The fourth-order valence-electron chi connectivity index (χ4n) is 3.43. The molecule has 3 aromatic rings. The normalized spacial score (nSPS) is 16.5. The van der Waals surface area contributed by atoms with Crippen LogP contribution in [0, 0.1) is 6.92 Å². The Bertz CT molecular complexity index is 949. The monoisotopic (exact) mass is 363 g/mol. The minimum absolute atomic E-state index is 0.0787. The van der Waals surface area contributed by atoms with Crippen LogP contribution in [0.2, 0.25) is 0 Å². The third kappa shape index (κ3) is 3.30. The number of hydrogen-bond acceptors (Lipinski definition) is 5. The average molecular weight is 363 g/mol. The average Bonchev–Trinajstić information content (AvgIpc) is 3.37. The van der Waals surface area contributed by atoms with Crippen molar-refractivity contribution in [3.05, 3.63) is 65.5 Å². The molecule has 0 radical (unpaired) electrons. The SMILES string of the molecule is COc1ccccc1C(=O)N1CCCC1c1nc(-c2ccc(C)cc2)no1. The molecule has 27 heavy (non-hydrogen) atoms. The number of para-hydroxylation sites is 1. The van der Waals surface area contributed by atoms with Gasteiger partial charge < -0.3 is 14.2 Å². The Morgan fingerprint density at radius 3 is 2.74 bits per heavy atom. The van der Waals surface area contributed by atoms with Crippen LogP contribution in [0.5, 0.6) is 5.75 Å². The Labute approximate surface area is 157 Å². The van der Waals surface area contributed by atoms with E-state index in [1.165, 1.54) is 5.56 Å². The molecule has 1 fully saturated rings. The van der Waals surface area contributed by atoms with Crippen LogP contribution in [-0.2, 0) is 0 Å². The van der Waals surface area contributed by atoms with E-state index in [-0.39, 0.29) is 11.9 Å². The van der Waals surface area contributed by atoms with Crippen LogP contribution < -0.4 is 4.74 Å². The van der Waals surface area contributed by atoms with Crippen LogP contribution in [0.25, 0.3) is 11.4 Å². The Balaban J connectivity index is 1.60. The van der Waals surface area contributed by atoms with Crippen molar-refractivity contribution in [3.63, 3.8) is 0 Å². The van der Waals surface area contributed by atoms with Gasteiger partial charge in [-0.1, -0.05) is 47.1 Å². The largest absolute Gasteiger partial charge is 0.496 e. The number of nitrogens with zero attached hydrogens (tertiary/aromatic N) is 3. The highest BCUT2D eigenvalue weighted by Crippen LogP contribution is 2.34. The van der Waals surface area contributed by atoms with Crippen molar-refractivity contribution in [3.8, 4) is 17.1 Å². The molecule has 1 atom stereocenters. The van der Waals surface area contributed by atoms with E-state index in [4.69, 9.17) is 9.26 Å². The van der Waals surface area contributed by atoms with Gasteiger partial charge in [-0.3, -0.25) is 4.79 Å². The fraction of sp³-hybridized carbons (Fsp3) is 0.286. The van der Waals surface area contributed by atoms with Crippen molar-refractivity contribution in [2.45, 2.75) is 25.8 Å². The number of likely N-dealkylation sites (tertiary alicyclic amines) is 1. The van der Waals surface area contributed by atoms with Gasteiger partial charge in [0.05, 0.1) is 12.7 Å². The van der Waals surface area contributed by atoms with Gasteiger partial charge in [-0.05, 0) is 31.9 Å². The van der Waals surface area contributed by atoms with Crippen molar-refractivity contribution < 1.29 is 14.1 Å². The van der Waals surface area contributed by atoms with E-state index in [1.54, 1.807) is 24.1 Å². The third-order valence-electron chi connectivity index (χ3n) is 4.89. The lowest BCUT2D eigenvalue weighted by atomic mass is 10.1. The van der Waals surface area contributed by atoms with Gasteiger partial charge in [-0.25, -0.2) is 0 Å². The minimum atomic E-state index is -0.214. The highest BCUT2D eigenvalue weighted by molar-refractivity contribution is 5.97. The molecule has 2 aromatic carbocycles. The predicted octanol–water partition coefficient (Wildman–Crippen LogP) is 4.03. The molecule has 2 heterocycles. The number of ether oxygens (including phenoxy) is 1. The molecule has 1 aliphatic rings. The second-order valence-electron chi connectivity index (χ2n) is 6.68. The zero-order valence-corrected chi connectivity index (χ0v) is 15.4. The van der Waals surface area contributed by atoms with E-state index < -0.39 is 0 Å². The first-order valence-corrected chi connectivity index (χ1v) is 9.02. The molecule has 6 heteroatoms. The van der Waals surface area contributed by atoms with Crippen LogP contribution in [-0.4, -0.2) is 34.6 Å². The molecule has 138 valence electrons. The number of benzene rings is 2. The van der Waals surface area contributed by atoms with E-state index >= 15 is 0 Å². The van der Waals surface area contributed by atoms with Crippen molar-refractivity contribution in [1.82, 2.24) is 15.0 Å². The zero-order chi connectivity index (χ0) is 18.8. The second-order valence-corrected chi connectivity index (χ2v) is 6.68. The smallest absolute Gasteiger partial charge is 0.258 e. The maximum atomic E-state index is 13.1. The fourth-order valence-corrected chi connectivity index (χ4v) is 3.43. The number of carbonyl (C=O) groups excluding carboxylic acids is 1. The van der Waals surface area contributed by atoms with Gasteiger partial charge in [-0.15, -0.1) is 0 Å². The Hall–Kier alpha value is -3.15. The molecule has 0 spiro atoms. The van der Waals surface area contributed by atoms with E-state index in [9.17, 15) is 4.79 Å². The molecule has 0 N–H and O–H groups in total. The Morgan fingerprint density at radius 1 is 1.19 bits per heavy atom. The number of amides is 1. The Kier molecular flexibility index (Phi) is 4.62. The van der Waals surface area contributed by atoms with E-state index in [2.05, 4.69) is 10.1 Å². The van der Waals surface area contributed by atoms with Crippen LogP contribution in [0.4, 0.5) is 0 Å². The first-order chi connectivity index (χ1) is 13.2. The Morgan fingerprint density at radius 2 is 1.96 bits per heavy atom. The third-order valence-corrected chi connectivity index (χ3v) is 4.89. The van der Waals surface area contributed by atoms with Crippen molar-refractivity contribution in [2.75, 3.05) is 13.7 Å². The second kappa shape index (κ2) is 7.23. The number of methoxy groups -OCH3 is 1. The van der Waals surface area contributed by atoms with E-state index in [0.717, 1.165) is 18.4 Å². The lowest BCUT2D eigenvalue weighted by Gasteiger charge is -2.22. The summed E-state index contributed by atoms with van der Waals surface area (Å²) in [6.07, 6.45) is 1.70. The predicted molar refractivity (Wildman–Crippen MR) is 100 cm³/mol. The summed E-state index contributed by atoms with van der Waals surface area (Å²) in [5.41, 5.74) is 2.62. The first kappa shape index (κ1) is 17.3. The summed E-state index contributed by atoms with van der Waals surface area (Å²) in [4.78, 5) is 19.4. The minimum Gasteiger partial charge on any atom is -0.496 e. The standard InChI is InChI=1S/C21H21N3O3/c1-14-9-11-15(12-10-14)19-22-20(27-23-19)17-7-5-13-24(17)21(25)16-6-3-4-8-18(16)26-2/h3-4,6,8-12,17H,5,7,13H2,1-2H3. The number of rotatable bonds is 4. The summed E-state index contributed by atoms with van der Waals surface area (Å²) in [6.45, 7) is 2.69. The highest BCUT2D eigenvalue weighted by atomic mass is 16.5. The topological polar surface area (TPSA) is 68.5 Å². The van der Waals surface area contributed by atoms with Gasteiger partial charge in [0.25, 0.3) is 5.91 Å². The molecule has 1 aliphatic heterocycles. The number of hydrogen-bond donors (Lipinski definition) is 0. The number of carbonyl (C=O) groups is 1. The van der Waals surface area contributed by atoms with Crippen molar-refractivity contribution in [1.29, 1.82) is 0 Å². The summed E-state index contributed by atoms with van der Waals surface area (Å²) in [5.74, 6) is 1.51. The molecule has 4 rings (SSSR count). The number of aryl methyl sites for hydroxylation is 1. The van der Waals surface area contributed by atoms with Crippen molar-refractivity contribution >= 4 is 5.91 Å². The van der Waals surface area contributed by atoms with Crippen LogP contribution in [0.3, 0.4) is 0 Å². The molecule has 1 unspecified atom stereocenters. The molecule has 1 saturated heterocycles.